The predicted octanol–water partition coefficient (Wildman–Crippen LogP) is 2.25. The summed E-state index contributed by atoms with van der Waals surface area (Å²) in [6.45, 7) is 0.680. The molecule has 74 valence electrons. The van der Waals surface area contributed by atoms with Crippen LogP contribution in [-0.2, 0) is 0 Å². The Morgan fingerprint density at radius 3 is 1.42 bits per heavy atom. The molecule has 0 bridgehead atoms. The summed E-state index contributed by atoms with van der Waals surface area (Å²) in [7, 11) is 0. The van der Waals surface area contributed by atoms with E-state index in [0.29, 0.717) is 6.92 Å². The van der Waals surface area contributed by atoms with Crippen LogP contribution in [0.4, 0.5) is 26.3 Å². The molecule has 0 aromatic heterocycles. The van der Waals surface area contributed by atoms with Crippen molar-refractivity contribution in [3.8, 4) is 0 Å². The van der Waals surface area contributed by atoms with Gasteiger partial charge in [-0.3, -0.25) is 0 Å². The van der Waals surface area contributed by atoms with Crippen LogP contribution in [0, 0.1) is 0 Å². The molecule has 0 saturated heterocycles. The number of rotatable bonds is 2. The van der Waals surface area contributed by atoms with Gasteiger partial charge in [-0.15, -0.1) is 0 Å². The molecule has 1 unspecified atom stereocenters. The molecule has 0 aliphatic carbocycles. The van der Waals surface area contributed by atoms with Crippen LogP contribution in [-0.4, -0.2) is 23.1 Å². The molecule has 0 aromatic rings. The second-order valence-electron chi connectivity index (χ2n) is 2.19. The van der Waals surface area contributed by atoms with Gasteiger partial charge in [-0.2, -0.15) is 22.0 Å². The van der Waals surface area contributed by atoms with Crippen molar-refractivity contribution >= 4 is 0 Å². The zero-order valence-electron chi connectivity index (χ0n) is 5.92. The summed E-state index contributed by atoms with van der Waals surface area (Å²) in [5.74, 6) is -10.3. The van der Waals surface area contributed by atoms with Crippen LogP contribution in [0.15, 0.2) is 0 Å². The van der Waals surface area contributed by atoms with E-state index in [1.54, 1.807) is 0 Å². The standard InChI is InChI=1S/C5H6F6O/c1-2-3(6,12)4(7,8)5(9,10)11/h12H,2H2,1H3. The van der Waals surface area contributed by atoms with Gasteiger partial charge in [0.2, 0.25) is 0 Å². The molecule has 0 aliphatic rings. The van der Waals surface area contributed by atoms with Crippen LogP contribution >= 0.6 is 0 Å². The third-order valence-corrected chi connectivity index (χ3v) is 1.31. The minimum atomic E-state index is -6.08. The normalized spacial score (nSPS) is 19.0. The smallest absolute Gasteiger partial charge is 0.357 e. The predicted molar refractivity (Wildman–Crippen MR) is 27.4 cm³/mol. The van der Waals surface area contributed by atoms with Crippen molar-refractivity contribution in [1.29, 1.82) is 0 Å². The molecule has 0 spiro atoms. The first-order chi connectivity index (χ1) is 5.06. The summed E-state index contributed by atoms with van der Waals surface area (Å²) >= 11 is 0. The molecule has 0 heterocycles. The van der Waals surface area contributed by atoms with Gasteiger partial charge in [0.05, 0.1) is 0 Å². The highest BCUT2D eigenvalue weighted by Crippen LogP contribution is 2.45. The van der Waals surface area contributed by atoms with Gasteiger partial charge < -0.3 is 5.11 Å². The first-order valence-corrected chi connectivity index (χ1v) is 2.92. The van der Waals surface area contributed by atoms with E-state index in [9.17, 15) is 26.3 Å². The lowest BCUT2D eigenvalue weighted by atomic mass is 10.1. The molecule has 1 N–H and O–H groups in total. The lowest BCUT2D eigenvalue weighted by molar-refractivity contribution is -0.373. The van der Waals surface area contributed by atoms with Gasteiger partial charge in [-0.25, -0.2) is 4.39 Å². The number of hydrogen-bond donors (Lipinski definition) is 1. The van der Waals surface area contributed by atoms with Crippen LogP contribution in [0.1, 0.15) is 13.3 Å². The largest absolute Gasteiger partial charge is 0.459 e. The monoisotopic (exact) mass is 196 g/mol. The number of aliphatic hydroxyl groups is 1. The highest BCUT2D eigenvalue weighted by Gasteiger charge is 2.70. The molecule has 1 atom stereocenters. The molecular weight excluding hydrogens is 190 g/mol. The zero-order valence-corrected chi connectivity index (χ0v) is 5.92. The van der Waals surface area contributed by atoms with E-state index in [0.717, 1.165) is 0 Å². The first kappa shape index (κ1) is 11.5. The van der Waals surface area contributed by atoms with Crippen molar-refractivity contribution in [1.82, 2.24) is 0 Å². The Morgan fingerprint density at radius 2 is 1.33 bits per heavy atom. The van der Waals surface area contributed by atoms with Gasteiger partial charge in [-0.1, -0.05) is 6.92 Å². The molecule has 0 amide bonds. The highest BCUT2D eigenvalue weighted by molar-refractivity contribution is 4.89. The molecule has 0 radical (unpaired) electrons. The lowest BCUT2D eigenvalue weighted by Crippen LogP contribution is -2.54. The van der Waals surface area contributed by atoms with Crippen molar-refractivity contribution in [2.24, 2.45) is 0 Å². The molecule has 0 aliphatic heterocycles. The summed E-state index contributed by atoms with van der Waals surface area (Å²) in [6.07, 6.45) is -7.41. The van der Waals surface area contributed by atoms with Gasteiger partial charge in [0.15, 0.2) is 0 Å². The average molecular weight is 196 g/mol. The highest BCUT2D eigenvalue weighted by atomic mass is 19.4. The van der Waals surface area contributed by atoms with E-state index < -0.39 is 24.4 Å². The summed E-state index contributed by atoms with van der Waals surface area (Å²) in [5.41, 5.74) is 0. The second-order valence-corrected chi connectivity index (χ2v) is 2.19. The van der Waals surface area contributed by atoms with E-state index in [1.807, 2.05) is 0 Å². The summed E-state index contributed by atoms with van der Waals surface area (Å²) in [4.78, 5) is 0. The average Bonchev–Trinajstić information content (AvgIpc) is 1.85. The van der Waals surface area contributed by atoms with E-state index in [1.165, 1.54) is 0 Å². The molecular formula is C5H6F6O. The topological polar surface area (TPSA) is 20.2 Å². The summed E-state index contributed by atoms with van der Waals surface area (Å²) in [6, 6.07) is 0. The van der Waals surface area contributed by atoms with Gasteiger partial charge in [0.1, 0.15) is 0 Å². The van der Waals surface area contributed by atoms with Gasteiger partial charge in [0.25, 0.3) is 5.85 Å². The third kappa shape index (κ3) is 1.65. The molecule has 0 aromatic carbocycles. The first-order valence-electron chi connectivity index (χ1n) is 2.92. The van der Waals surface area contributed by atoms with Crippen molar-refractivity contribution in [2.75, 3.05) is 0 Å². The minimum Gasteiger partial charge on any atom is -0.357 e. The zero-order chi connectivity index (χ0) is 10.2. The van der Waals surface area contributed by atoms with Crippen molar-refractivity contribution in [3.05, 3.63) is 0 Å². The second kappa shape index (κ2) is 2.79. The fourth-order valence-electron chi connectivity index (χ4n) is 0.439. The Bertz CT molecular complexity index is 160. The molecule has 0 rings (SSSR count). The van der Waals surface area contributed by atoms with E-state index in [4.69, 9.17) is 5.11 Å². The van der Waals surface area contributed by atoms with Crippen molar-refractivity contribution < 1.29 is 31.4 Å². The summed E-state index contributed by atoms with van der Waals surface area (Å²) in [5, 5.41) is 8.05. The van der Waals surface area contributed by atoms with Crippen LogP contribution in [0.25, 0.3) is 0 Å². The number of alkyl halides is 6. The van der Waals surface area contributed by atoms with E-state index in [2.05, 4.69) is 0 Å². The maximum Gasteiger partial charge on any atom is 0.459 e. The quantitative estimate of drug-likeness (QED) is 0.671. The Kier molecular flexibility index (Phi) is 2.68. The molecule has 12 heavy (non-hydrogen) atoms. The molecule has 0 saturated carbocycles. The Hall–Kier alpha value is -0.460. The van der Waals surface area contributed by atoms with E-state index >= 15 is 0 Å². The summed E-state index contributed by atoms with van der Waals surface area (Å²) < 4.78 is 70.2. The van der Waals surface area contributed by atoms with E-state index in [-0.39, 0.29) is 0 Å². The van der Waals surface area contributed by atoms with Gasteiger partial charge in [-0.05, 0) is 0 Å². The maximum atomic E-state index is 12.2. The third-order valence-electron chi connectivity index (χ3n) is 1.31. The fourth-order valence-corrected chi connectivity index (χ4v) is 0.439. The molecule has 7 heteroatoms. The number of halogens is 6. The molecule has 0 fully saturated rings. The van der Waals surface area contributed by atoms with Crippen LogP contribution in [0.2, 0.25) is 0 Å². The Labute approximate surface area is 64.0 Å². The Morgan fingerprint density at radius 1 is 1.00 bits per heavy atom. The number of hydrogen-bond acceptors (Lipinski definition) is 1. The van der Waals surface area contributed by atoms with Crippen LogP contribution < -0.4 is 0 Å². The molecule has 1 nitrogen and oxygen atoms in total. The van der Waals surface area contributed by atoms with Crippen LogP contribution in [0.5, 0.6) is 0 Å². The van der Waals surface area contributed by atoms with Crippen molar-refractivity contribution in [3.63, 3.8) is 0 Å². The maximum absolute atomic E-state index is 12.2. The Balaban J connectivity index is 4.85. The van der Waals surface area contributed by atoms with Crippen LogP contribution in [0.3, 0.4) is 0 Å². The lowest BCUT2D eigenvalue weighted by Gasteiger charge is -2.28. The SMILES string of the molecule is CCC(O)(F)C(F)(F)C(F)(F)F. The fraction of sp³-hybridized carbons (Fsp3) is 1.00. The van der Waals surface area contributed by atoms with Gasteiger partial charge >= 0.3 is 12.1 Å². The minimum absolute atomic E-state index is 0.680. The van der Waals surface area contributed by atoms with Gasteiger partial charge in [0, 0.05) is 6.42 Å². The van der Waals surface area contributed by atoms with Crippen molar-refractivity contribution in [2.45, 2.75) is 31.3 Å².